The lowest BCUT2D eigenvalue weighted by Gasteiger charge is -2.26. The molecule has 11 heteroatoms. The van der Waals surface area contributed by atoms with Crippen molar-refractivity contribution in [2.24, 2.45) is 0 Å². The number of aliphatic carboxylic acids is 1. The Kier molecular flexibility index (Phi) is 6.85. The number of rotatable bonds is 2. The summed E-state index contributed by atoms with van der Waals surface area (Å²) in [7, 11) is 0. The van der Waals surface area contributed by atoms with Crippen molar-refractivity contribution in [1.82, 2.24) is 5.32 Å². The van der Waals surface area contributed by atoms with Gasteiger partial charge in [-0.3, -0.25) is 0 Å². The van der Waals surface area contributed by atoms with E-state index in [0.717, 1.165) is 25.9 Å². The Morgan fingerprint density at radius 1 is 1.12 bits per heavy atom. The number of nitrogens with one attached hydrogen (secondary N) is 1. The quantitative estimate of drug-likeness (QED) is 0.567. The zero-order chi connectivity index (χ0) is 23.7. The van der Waals surface area contributed by atoms with Crippen LogP contribution >= 0.6 is 11.6 Å². The van der Waals surface area contributed by atoms with E-state index < -0.39 is 23.7 Å². The molecular weight excluding hydrogens is 461 g/mol. The first-order valence-corrected chi connectivity index (χ1v) is 9.97. The number of halogens is 6. The van der Waals surface area contributed by atoms with E-state index in [1.807, 2.05) is 0 Å². The first-order chi connectivity index (χ1) is 14.9. The second-order valence-electron chi connectivity index (χ2n) is 7.39. The Morgan fingerprint density at radius 3 is 2.31 bits per heavy atom. The topological polar surface area (TPSA) is 67.8 Å². The monoisotopic (exact) mass is 479 g/mol. The molecule has 2 aliphatic rings. The molecule has 0 saturated carbocycles. The third kappa shape index (κ3) is 5.07. The summed E-state index contributed by atoms with van der Waals surface area (Å²) in [5.74, 6) is -4.08. The first-order valence-electron chi connectivity index (χ1n) is 9.59. The highest BCUT2D eigenvalue weighted by atomic mass is 35.5. The van der Waals surface area contributed by atoms with Crippen molar-refractivity contribution in [2.75, 3.05) is 13.1 Å². The molecule has 0 aromatic heterocycles. The summed E-state index contributed by atoms with van der Waals surface area (Å²) in [6.07, 6.45) is -3.44. The van der Waals surface area contributed by atoms with Crippen LogP contribution in [0.3, 0.4) is 0 Å². The van der Waals surface area contributed by atoms with Gasteiger partial charge in [-0.1, -0.05) is 11.6 Å². The molecule has 1 atom stereocenters. The van der Waals surface area contributed by atoms with Crippen LogP contribution < -0.4 is 14.8 Å². The lowest BCUT2D eigenvalue weighted by molar-refractivity contribution is -0.192. The summed E-state index contributed by atoms with van der Waals surface area (Å²) >= 11 is 5.83. The van der Waals surface area contributed by atoms with Crippen LogP contribution in [-0.2, 0) is 10.6 Å². The Balaban J connectivity index is 0.000000360. The van der Waals surface area contributed by atoms with Crippen molar-refractivity contribution >= 4 is 17.6 Å². The Hall–Kier alpha value is -2.59. The fraction of sp³-hybridized carbons (Fsp3) is 0.381. The maximum Gasteiger partial charge on any atom is 0.490 e. The molecule has 32 heavy (non-hydrogen) atoms. The minimum Gasteiger partial charge on any atom is -0.475 e. The van der Waals surface area contributed by atoms with Crippen LogP contribution in [0.5, 0.6) is 11.5 Å². The van der Waals surface area contributed by atoms with Gasteiger partial charge in [0.2, 0.25) is 0 Å². The molecule has 1 saturated heterocycles. The van der Waals surface area contributed by atoms with Crippen LogP contribution in [-0.4, -0.2) is 30.3 Å². The highest BCUT2D eigenvalue weighted by Crippen LogP contribution is 2.50. The molecule has 0 spiro atoms. The molecule has 0 aliphatic carbocycles. The molecule has 174 valence electrons. The molecular formula is C21H19ClF5NO4. The molecule has 2 aromatic carbocycles. The highest BCUT2D eigenvalue weighted by molar-refractivity contribution is 6.30. The van der Waals surface area contributed by atoms with Gasteiger partial charge in [0.15, 0.2) is 11.5 Å². The van der Waals surface area contributed by atoms with Crippen LogP contribution in [0.4, 0.5) is 22.0 Å². The summed E-state index contributed by atoms with van der Waals surface area (Å²) in [6.45, 7) is 3.29. The van der Waals surface area contributed by atoms with Gasteiger partial charge in [-0.05, 0) is 62.2 Å². The summed E-state index contributed by atoms with van der Waals surface area (Å²) in [5, 5.41) is 10.7. The number of carboxylic acid groups (broad SMARTS) is 1. The summed E-state index contributed by atoms with van der Waals surface area (Å²) in [4.78, 5) is 8.90. The van der Waals surface area contributed by atoms with Crippen LogP contribution in [0.2, 0.25) is 5.02 Å². The summed E-state index contributed by atoms with van der Waals surface area (Å²) in [5.41, 5.74) is 0.752. The van der Waals surface area contributed by atoms with Crippen molar-refractivity contribution in [3.8, 4) is 11.5 Å². The van der Waals surface area contributed by atoms with Gasteiger partial charge in [0.1, 0.15) is 11.6 Å². The van der Waals surface area contributed by atoms with Crippen molar-refractivity contribution in [2.45, 2.75) is 37.6 Å². The van der Waals surface area contributed by atoms with E-state index in [1.54, 1.807) is 13.0 Å². The van der Waals surface area contributed by atoms with Crippen molar-refractivity contribution in [3.63, 3.8) is 0 Å². The first kappa shape index (κ1) is 24.1. The zero-order valence-corrected chi connectivity index (χ0v) is 17.5. The van der Waals surface area contributed by atoms with Crippen LogP contribution in [0.15, 0.2) is 30.3 Å². The van der Waals surface area contributed by atoms with Gasteiger partial charge in [0.05, 0.1) is 5.56 Å². The van der Waals surface area contributed by atoms with Gasteiger partial charge in [-0.15, -0.1) is 0 Å². The number of hydrogen-bond acceptors (Lipinski definition) is 4. The van der Waals surface area contributed by atoms with Gasteiger partial charge in [0.25, 0.3) is 5.79 Å². The summed E-state index contributed by atoms with van der Waals surface area (Å²) < 4.78 is 72.6. The highest BCUT2D eigenvalue weighted by Gasteiger charge is 2.43. The fourth-order valence-corrected chi connectivity index (χ4v) is 3.78. The van der Waals surface area contributed by atoms with E-state index in [1.165, 1.54) is 24.3 Å². The minimum absolute atomic E-state index is 0.0530. The lowest BCUT2D eigenvalue weighted by atomic mass is 9.89. The third-order valence-corrected chi connectivity index (χ3v) is 5.35. The summed E-state index contributed by atoms with van der Waals surface area (Å²) in [6, 6.07) is 7.25. The number of carboxylic acids is 1. The average molecular weight is 480 g/mol. The van der Waals surface area contributed by atoms with E-state index in [9.17, 15) is 22.0 Å². The normalized spacial score (nSPS) is 20.5. The van der Waals surface area contributed by atoms with Crippen LogP contribution in [0.1, 0.15) is 36.8 Å². The van der Waals surface area contributed by atoms with Gasteiger partial charge in [-0.25, -0.2) is 13.6 Å². The standard InChI is InChI=1S/C19H18ClF2NO2.C2HF3O2/c1-19(13-3-2-12(20)10-15(13)22)24-16-5-4-14(21)17(18(16)25-19)11-6-8-23-9-7-11;3-2(4,5)1(6)7/h2-5,10-11,23H,6-9H2,1H3;(H,6,7). The molecule has 4 rings (SSSR count). The number of fused-ring (bicyclic) bond motifs is 1. The third-order valence-electron chi connectivity index (χ3n) is 5.12. The number of hydrogen-bond donors (Lipinski definition) is 2. The molecule has 2 aliphatic heterocycles. The predicted molar refractivity (Wildman–Crippen MR) is 105 cm³/mol. The number of carbonyl (C=O) groups is 1. The maximum atomic E-state index is 14.6. The van der Waals surface area contributed by atoms with Gasteiger partial charge < -0.3 is 19.9 Å². The smallest absolute Gasteiger partial charge is 0.475 e. The molecule has 0 radical (unpaired) electrons. The number of ether oxygens (including phenoxy) is 2. The Labute approximate surface area is 185 Å². The van der Waals surface area contributed by atoms with Crippen LogP contribution in [0, 0.1) is 11.6 Å². The van der Waals surface area contributed by atoms with E-state index in [-0.39, 0.29) is 17.3 Å². The van der Waals surface area contributed by atoms with Gasteiger partial charge in [0, 0.05) is 17.5 Å². The second kappa shape index (κ2) is 9.11. The zero-order valence-electron chi connectivity index (χ0n) is 16.7. The van der Waals surface area contributed by atoms with E-state index in [0.29, 0.717) is 22.1 Å². The van der Waals surface area contributed by atoms with Gasteiger partial charge >= 0.3 is 12.1 Å². The van der Waals surface area contributed by atoms with E-state index in [4.69, 9.17) is 31.0 Å². The van der Waals surface area contributed by atoms with Gasteiger partial charge in [-0.2, -0.15) is 13.2 Å². The predicted octanol–water partition coefficient (Wildman–Crippen LogP) is 5.36. The largest absolute Gasteiger partial charge is 0.490 e. The molecule has 2 N–H and O–H groups in total. The van der Waals surface area contributed by atoms with Crippen molar-refractivity contribution < 1.29 is 41.3 Å². The fourth-order valence-electron chi connectivity index (χ4n) is 3.63. The second-order valence-corrected chi connectivity index (χ2v) is 7.83. The van der Waals surface area contributed by atoms with E-state index >= 15 is 0 Å². The lowest BCUT2D eigenvalue weighted by Crippen LogP contribution is -2.33. The number of benzene rings is 2. The number of piperidine rings is 1. The average Bonchev–Trinajstić information content (AvgIpc) is 3.05. The molecule has 5 nitrogen and oxygen atoms in total. The Morgan fingerprint density at radius 2 is 1.75 bits per heavy atom. The van der Waals surface area contributed by atoms with Crippen molar-refractivity contribution in [1.29, 1.82) is 0 Å². The molecule has 1 fully saturated rings. The number of alkyl halides is 3. The molecule has 0 amide bonds. The molecule has 1 unspecified atom stereocenters. The Bertz CT molecular complexity index is 1010. The SMILES string of the molecule is CC1(c2ccc(Cl)cc2F)Oc2ccc(F)c(C3CCNCC3)c2O1.O=C(O)C(F)(F)F. The molecule has 2 heterocycles. The molecule has 2 aromatic rings. The molecule has 0 bridgehead atoms. The van der Waals surface area contributed by atoms with E-state index in [2.05, 4.69) is 5.32 Å². The maximum absolute atomic E-state index is 14.6. The minimum atomic E-state index is -5.08. The van der Waals surface area contributed by atoms with Crippen molar-refractivity contribution in [3.05, 3.63) is 58.1 Å². The van der Waals surface area contributed by atoms with Crippen LogP contribution in [0.25, 0.3) is 0 Å².